The fraction of sp³-hybridized carbons (Fsp3) is 0.667. The Morgan fingerprint density at radius 2 is 2.12 bits per heavy atom. The van der Waals surface area contributed by atoms with Gasteiger partial charge in [0.25, 0.3) is 0 Å². The number of aliphatic hydroxyl groups is 1. The van der Waals surface area contributed by atoms with Crippen LogP contribution in [0.2, 0.25) is 0 Å². The Labute approximate surface area is 99.6 Å². The third-order valence-electron chi connectivity index (χ3n) is 3.11. The molecule has 0 aromatic heterocycles. The first kappa shape index (κ1) is 13.3. The molecule has 0 aromatic rings. The van der Waals surface area contributed by atoms with Crippen LogP contribution < -0.4 is 0 Å². The lowest BCUT2D eigenvalue weighted by molar-refractivity contribution is 0.210. The maximum Gasteiger partial charge on any atom is 0.0858 e. The molecule has 1 N–H and O–H groups in total. The van der Waals surface area contributed by atoms with E-state index in [0.717, 1.165) is 18.4 Å². The Bertz CT molecular complexity index is 274. The van der Waals surface area contributed by atoms with Crippen molar-refractivity contribution >= 4 is 0 Å². The lowest BCUT2D eigenvalue weighted by Crippen LogP contribution is -2.08. The molecule has 0 bridgehead atoms. The predicted octanol–water partition coefficient (Wildman–Crippen LogP) is 4.14. The van der Waals surface area contributed by atoms with E-state index < -0.39 is 0 Å². The summed E-state index contributed by atoms with van der Waals surface area (Å²) >= 11 is 0. The van der Waals surface area contributed by atoms with E-state index in [4.69, 9.17) is 0 Å². The van der Waals surface area contributed by atoms with Gasteiger partial charge >= 0.3 is 0 Å². The highest BCUT2D eigenvalue weighted by Gasteiger charge is 2.10. The van der Waals surface area contributed by atoms with E-state index in [1.165, 1.54) is 37.7 Å². The monoisotopic (exact) mass is 220 g/mol. The topological polar surface area (TPSA) is 20.2 Å². The van der Waals surface area contributed by atoms with Gasteiger partial charge in [-0.15, -0.1) is 12.3 Å². The zero-order valence-electron chi connectivity index (χ0n) is 10.5. The van der Waals surface area contributed by atoms with Gasteiger partial charge in [0.15, 0.2) is 0 Å². The van der Waals surface area contributed by atoms with Crippen LogP contribution >= 0.6 is 0 Å². The molecule has 0 heterocycles. The van der Waals surface area contributed by atoms with Crippen molar-refractivity contribution in [3.63, 3.8) is 0 Å². The van der Waals surface area contributed by atoms with Crippen LogP contribution in [0, 0.1) is 0 Å². The van der Waals surface area contributed by atoms with Crippen LogP contribution in [0.25, 0.3) is 0 Å². The molecule has 0 aromatic carbocycles. The molecular formula is C15H24O. The predicted molar refractivity (Wildman–Crippen MR) is 69.4 cm³/mol. The van der Waals surface area contributed by atoms with Gasteiger partial charge in [0.05, 0.1) is 6.10 Å². The highest BCUT2D eigenvalue weighted by atomic mass is 16.3. The Hall–Kier alpha value is -0.780. The summed E-state index contributed by atoms with van der Waals surface area (Å²) in [7, 11) is 0. The number of hydrogen-bond acceptors (Lipinski definition) is 1. The van der Waals surface area contributed by atoms with E-state index in [9.17, 15) is 5.11 Å². The van der Waals surface area contributed by atoms with E-state index in [1.807, 2.05) is 0 Å². The van der Waals surface area contributed by atoms with Crippen molar-refractivity contribution in [1.29, 1.82) is 0 Å². The van der Waals surface area contributed by atoms with Gasteiger partial charge < -0.3 is 5.11 Å². The first-order valence-corrected chi connectivity index (χ1v) is 6.54. The normalized spacial score (nSPS) is 17.8. The molecule has 1 fully saturated rings. The third-order valence-corrected chi connectivity index (χ3v) is 3.11. The lowest BCUT2D eigenvalue weighted by atomic mass is 9.93. The quantitative estimate of drug-likeness (QED) is 0.545. The van der Waals surface area contributed by atoms with Crippen LogP contribution in [0.5, 0.6) is 0 Å². The minimum atomic E-state index is -0.369. The van der Waals surface area contributed by atoms with E-state index >= 15 is 0 Å². The van der Waals surface area contributed by atoms with Crippen LogP contribution in [0.3, 0.4) is 0 Å². The minimum absolute atomic E-state index is 0.369. The van der Waals surface area contributed by atoms with Crippen LogP contribution in [-0.2, 0) is 0 Å². The molecule has 0 aliphatic heterocycles. The third kappa shape index (κ3) is 4.38. The molecule has 0 radical (unpaired) electrons. The van der Waals surface area contributed by atoms with Gasteiger partial charge in [-0.2, -0.15) is 0 Å². The molecule has 1 nitrogen and oxygen atoms in total. The summed E-state index contributed by atoms with van der Waals surface area (Å²) in [6.45, 7) is 5.83. The van der Waals surface area contributed by atoms with Crippen molar-refractivity contribution in [2.75, 3.05) is 0 Å². The molecule has 0 spiro atoms. The highest BCUT2D eigenvalue weighted by Crippen LogP contribution is 2.23. The Kier molecular flexibility index (Phi) is 6.22. The van der Waals surface area contributed by atoms with Crippen molar-refractivity contribution < 1.29 is 5.11 Å². The zero-order valence-corrected chi connectivity index (χ0v) is 10.5. The fourth-order valence-electron chi connectivity index (χ4n) is 2.21. The molecule has 1 rings (SSSR count). The van der Waals surface area contributed by atoms with Crippen LogP contribution in [-0.4, -0.2) is 11.2 Å². The average Bonchev–Trinajstić information content (AvgIpc) is 2.30. The maximum atomic E-state index is 9.99. The van der Waals surface area contributed by atoms with Crippen molar-refractivity contribution in [3.8, 4) is 0 Å². The van der Waals surface area contributed by atoms with Crippen LogP contribution in [0.15, 0.2) is 29.5 Å². The molecule has 1 unspecified atom stereocenters. The maximum absolute atomic E-state index is 9.99. The number of aliphatic hydroxyl groups excluding tert-OH is 1. The van der Waals surface area contributed by atoms with Crippen molar-refractivity contribution in [2.24, 2.45) is 0 Å². The van der Waals surface area contributed by atoms with Gasteiger partial charge in [0.1, 0.15) is 0 Å². The van der Waals surface area contributed by atoms with E-state index in [2.05, 4.69) is 19.2 Å². The first-order chi connectivity index (χ1) is 7.77. The second kappa shape index (κ2) is 7.49. The number of hydrogen-bond donors (Lipinski definition) is 1. The molecule has 1 saturated carbocycles. The van der Waals surface area contributed by atoms with Gasteiger partial charge in [-0.05, 0) is 44.1 Å². The Balaban J connectivity index is 2.80. The minimum Gasteiger partial charge on any atom is -0.388 e. The molecule has 1 atom stereocenters. The first-order valence-electron chi connectivity index (χ1n) is 6.54. The van der Waals surface area contributed by atoms with Gasteiger partial charge in [-0.25, -0.2) is 0 Å². The molecule has 1 heteroatoms. The summed E-state index contributed by atoms with van der Waals surface area (Å²) in [6, 6.07) is 0. The van der Waals surface area contributed by atoms with Gasteiger partial charge in [0.2, 0.25) is 0 Å². The standard InChI is InChI=1S/C15H24O/c1-3-8-14(15(16)9-4-2)12-13-10-6-5-7-11-13/h4,15-16H,2-3,5-11H2,1H3. The van der Waals surface area contributed by atoms with Crippen molar-refractivity contribution in [2.45, 2.75) is 64.4 Å². The average molecular weight is 220 g/mol. The van der Waals surface area contributed by atoms with Crippen molar-refractivity contribution in [3.05, 3.63) is 29.5 Å². The number of rotatable bonds is 5. The Morgan fingerprint density at radius 1 is 1.44 bits per heavy atom. The molecule has 0 saturated heterocycles. The van der Waals surface area contributed by atoms with Gasteiger partial charge in [0, 0.05) is 5.57 Å². The van der Waals surface area contributed by atoms with E-state index in [-0.39, 0.29) is 6.10 Å². The summed E-state index contributed by atoms with van der Waals surface area (Å²) in [5.74, 6) is 0. The summed E-state index contributed by atoms with van der Waals surface area (Å²) in [5, 5.41) is 9.99. The molecule has 0 amide bonds. The summed E-state index contributed by atoms with van der Waals surface area (Å²) in [6.07, 6.45) is 10.4. The molecule has 1 aliphatic rings. The molecular weight excluding hydrogens is 196 g/mol. The van der Waals surface area contributed by atoms with Gasteiger partial charge in [-0.3, -0.25) is 0 Å². The van der Waals surface area contributed by atoms with Crippen LogP contribution in [0.1, 0.15) is 58.3 Å². The largest absolute Gasteiger partial charge is 0.388 e. The second-order valence-electron chi connectivity index (χ2n) is 4.60. The zero-order chi connectivity index (χ0) is 11.8. The highest BCUT2D eigenvalue weighted by molar-refractivity contribution is 5.15. The second-order valence-corrected chi connectivity index (χ2v) is 4.60. The fourth-order valence-corrected chi connectivity index (χ4v) is 2.21. The SMILES string of the molecule is C=CCC(O)C(=C=C1CCCCC1)CCC. The van der Waals surface area contributed by atoms with E-state index in [0.29, 0.717) is 6.42 Å². The molecule has 16 heavy (non-hydrogen) atoms. The molecule has 1 aliphatic carbocycles. The summed E-state index contributed by atoms with van der Waals surface area (Å²) < 4.78 is 0. The van der Waals surface area contributed by atoms with Crippen LogP contribution in [0.4, 0.5) is 0 Å². The van der Waals surface area contributed by atoms with Gasteiger partial charge in [-0.1, -0.05) is 25.8 Å². The molecule has 90 valence electrons. The van der Waals surface area contributed by atoms with Crippen molar-refractivity contribution in [1.82, 2.24) is 0 Å². The smallest absolute Gasteiger partial charge is 0.0858 e. The summed E-state index contributed by atoms with van der Waals surface area (Å²) in [4.78, 5) is 0. The lowest BCUT2D eigenvalue weighted by Gasteiger charge is -2.14. The Morgan fingerprint density at radius 3 is 2.69 bits per heavy atom. The van der Waals surface area contributed by atoms with E-state index in [1.54, 1.807) is 6.08 Å². The summed E-state index contributed by atoms with van der Waals surface area (Å²) in [5.41, 5.74) is 5.97.